The van der Waals surface area contributed by atoms with Crippen LogP contribution >= 0.6 is 11.3 Å². The van der Waals surface area contributed by atoms with Gasteiger partial charge in [-0.15, -0.1) is 11.3 Å². The third-order valence-corrected chi connectivity index (χ3v) is 8.52. The molecule has 0 radical (unpaired) electrons. The molecule has 1 saturated heterocycles. The number of rotatable bonds is 8. The molecular formula is C26H28N2O3S2. The van der Waals surface area contributed by atoms with E-state index in [-0.39, 0.29) is 11.7 Å². The Morgan fingerprint density at radius 2 is 1.82 bits per heavy atom. The van der Waals surface area contributed by atoms with Gasteiger partial charge in [0, 0.05) is 28.9 Å². The molecule has 1 fully saturated rings. The predicted molar refractivity (Wildman–Crippen MR) is 136 cm³/mol. The molecule has 4 rings (SSSR count). The fourth-order valence-electron chi connectivity index (χ4n) is 3.89. The van der Waals surface area contributed by atoms with Gasteiger partial charge in [0.1, 0.15) is 0 Å². The van der Waals surface area contributed by atoms with Crippen LogP contribution < -0.4 is 4.31 Å². The van der Waals surface area contributed by atoms with Crippen molar-refractivity contribution in [1.29, 1.82) is 0 Å². The summed E-state index contributed by atoms with van der Waals surface area (Å²) in [5.74, 6) is 0.161. The molecule has 3 aromatic rings. The van der Waals surface area contributed by atoms with Gasteiger partial charge < -0.3 is 4.90 Å². The van der Waals surface area contributed by atoms with Crippen LogP contribution in [0.2, 0.25) is 0 Å². The summed E-state index contributed by atoms with van der Waals surface area (Å²) in [5.41, 5.74) is 2.74. The maximum atomic E-state index is 13.1. The van der Waals surface area contributed by atoms with Crippen LogP contribution in [0, 0.1) is 6.92 Å². The lowest BCUT2D eigenvalue weighted by atomic mass is 10.1. The Morgan fingerprint density at radius 1 is 1.06 bits per heavy atom. The number of anilines is 1. The molecular weight excluding hydrogens is 452 g/mol. The molecule has 0 atom stereocenters. The monoisotopic (exact) mass is 480 g/mol. The summed E-state index contributed by atoms with van der Waals surface area (Å²) < 4.78 is 25.7. The second-order valence-electron chi connectivity index (χ2n) is 8.17. The number of nitrogens with zero attached hydrogens (tertiary/aromatic N) is 2. The van der Waals surface area contributed by atoms with Crippen molar-refractivity contribution in [2.75, 3.05) is 23.1 Å². The van der Waals surface area contributed by atoms with Gasteiger partial charge in [-0.05, 0) is 61.2 Å². The zero-order valence-electron chi connectivity index (χ0n) is 18.7. The highest BCUT2D eigenvalue weighted by molar-refractivity contribution is 7.93. The highest BCUT2D eigenvalue weighted by atomic mass is 32.2. The van der Waals surface area contributed by atoms with E-state index in [2.05, 4.69) is 31.2 Å². The molecule has 1 aliphatic rings. The Morgan fingerprint density at radius 3 is 2.45 bits per heavy atom. The van der Waals surface area contributed by atoms with E-state index in [4.69, 9.17) is 0 Å². The minimum absolute atomic E-state index is 0.0387. The van der Waals surface area contributed by atoms with Gasteiger partial charge in [0.2, 0.25) is 15.9 Å². The van der Waals surface area contributed by atoms with Crippen molar-refractivity contribution in [1.82, 2.24) is 4.90 Å². The Balaban J connectivity index is 1.44. The average Bonchev–Trinajstić information content (AvgIpc) is 3.39. The predicted octanol–water partition coefficient (Wildman–Crippen LogP) is 4.88. The quantitative estimate of drug-likeness (QED) is 0.432. The van der Waals surface area contributed by atoms with E-state index < -0.39 is 10.0 Å². The van der Waals surface area contributed by atoms with E-state index >= 15 is 0 Å². The number of benzene rings is 2. The molecule has 33 heavy (non-hydrogen) atoms. The van der Waals surface area contributed by atoms with Gasteiger partial charge in [-0.3, -0.25) is 9.10 Å². The Kier molecular flexibility index (Phi) is 7.30. The zero-order chi connectivity index (χ0) is 23.3. The average molecular weight is 481 g/mol. The molecule has 2 heterocycles. The smallest absolute Gasteiger partial charge is 0.246 e. The summed E-state index contributed by atoms with van der Waals surface area (Å²) in [6.07, 6.45) is 4.84. The Hall–Kier alpha value is -2.90. The van der Waals surface area contributed by atoms with E-state index in [1.54, 1.807) is 35.6 Å². The van der Waals surface area contributed by atoms with Crippen LogP contribution in [0.3, 0.4) is 0 Å². The molecule has 0 unspecified atom stereocenters. The van der Waals surface area contributed by atoms with E-state index in [0.29, 0.717) is 31.7 Å². The van der Waals surface area contributed by atoms with Gasteiger partial charge in [0.15, 0.2) is 0 Å². The summed E-state index contributed by atoms with van der Waals surface area (Å²) in [7, 11) is -3.19. The summed E-state index contributed by atoms with van der Waals surface area (Å²) in [4.78, 5) is 17.3. The normalized spacial score (nSPS) is 15.2. The van der Waals surface area contributed by atoms with Gasteiger partial charge in [0.05, 0.1) is 18.0 Å². The van der Waals surface area contributed by atoms with Crippen LogP contribution in [0.1, 0.15) is 27.3 Å². The first-order valence-corrected chi connectivity index (χ1v) is 13.5. The molecule has 1 aromatic heterocycles. The van der Waals surface area contributed by atoms with Crippen molar-refractivity contribution in [3.63, 3.8) is 0 Å². The molecule has 0 bridgehead atoms. The van der Waals surface area contributed by atoms with Crippen molar-refractivity contribution >= 4 is 39.0 Å². The van der Waals surface area contributed by atoms with Crippen LogP contribution in [0.5, 0.6) is 0 Å². The molecule has 0 aliphatic carbocycles. The van der Waals surface area contributed by atoms with E-state index in [1.807, 2.05) is 35.2 Å². The first-order valence-electron chi connectivity index (χ1n) is 11.1. The minimum atomic E-state index is -3.19. The van der Waals surface area contributed by atoms with Gasteiger partial charge in [-0.2, -0.15) is 0 Å². The number of hydrogen-bond donors (Lipinski definition) is 0. The Bertz CT molecular complexity index is 1220. The van der Waals surface area contributed by atoms with Gasteiger partial charge in [0.25, 0.3) is 0 Å². The summed E-state index contributed by atoms with van der Waals surface area (Å²) in [6, 6.07) is 21.6. The summed E-state index contributed by atoms with van der Waals surface area (Å²) >= 11 is 1.71. The molecule has 0 spiro atoms. The van der Waals surface area contributed by atoms with Crippen molar-refractivity contribution in [2.45, 2.75) is 26.3 Å². The number of carbonyl (C=O) groups is 1. The molecule has 1 aliphatic heterocycles. The number of hydrogen-bond acceptors (Lipinski definition) is 4. The summed E-state index contributed by atoms with van der Waals surface area (Å²) in [5, 5.41) is 0. The standard InChI is InChI=1S/C26H28N2O3S2/c1-21-8-14-25(32-21)20-27(18-16-22-6-3-2-4-7-22)26(29)15-11-23-9-12-24(13-10-23)28-17-5-19-33(28,30)31/h2-4,6-15H,5,16-20H2,1H3/b15-11+. The van der Waals surface area contributed by atoms with Crippen LogP contribution in [0.4, 0.5) is 5.69 Å². The van der Waals surface area contributed by atoms with Gasteiger partial charge in [-0.1, -0.05) is 42.5 Å². The second-order valence-corrected chi connectivity index (χ2v) is 11.6. The molecule has 1 amide bonds. The number of thiophene rings is 1. The van der Waals surface area contributed by atoms with Gasteiger partial charge >= 0.3 is 0 Å². The lowest BCUT2D eigenvalue weighted by molar-refractivity contribution is -0.126. The molecule has 2 aromatic carbocycles. The van der Waals surface area contributed by atoms with Crippen LogP contribution in [-0.4, -0.2) is 38.1 Å². The maximum Gasteiger partial charge on any atom is 0.246 e. The fourth-order valence-corrected chi connectivity index (χ4v) is 6.36. The molecule has 0 saturated carbocycles. The highest BCUT2D eigenvalue weighted by Crippen LogP contribution is 2.24. The van der Waals surface area contributed by atoms with E-state index in [0.717, 1.165) is 12.0 Å². The van der Waals surface area contributed by atoms with E-state index in [1.165, 1.54) is 19.6 Å². The fraction of sp³-hybridized carbons (Fsp3) is 0.269. The maximum absolute atomic E-state index is 13.1. The Labute approximate surface area is 200 Å². The van der Waals surface area contributed by atoms with Crippen LogP contribution in [0.15, 0.2) is 72.8 Å². The molecule has 172 valence electrons. The van der Waals surface area contributed by atoms with Crippen molar-refractivity contribution in [3.05, 3.63) is 93.7 Å². The van der Waals surface area contributed by atoms with Crippen molar-refractivity contribution in [2.24, 2.45) is 0 Å². The zero-order valence-corrected chi connectivity index (χ0v) is 20.3. The molecule has 7 heteroatoms. The van der Waals surface area contributed by atoms with Crippen LogP contribution in [-0.2, 0) is 27.8 Å². The largest absolute Gasteiger partial charge is 0.334 e. The highest BCUT2D eigenvalue weighted by Gasteiger charge is 2.28. The number of sulfonamides is 1. The number of amides is 1. The van der Waals surface area contributed by atoms with Crippen molar-refractivity contribution < 1.29 is 13.2 Å². The topological polar surface area (TPSA) is 57.7 Å². The third kappa shape index (κ3) is 6.12. The lowest BCUT2D eigenvalue weighted by Gasteiger charge is -2.21. The first kappa shape index (κ1) is 23.3. The van der Waals surface area contributed by atoms with E-state index in [9.17, 15) is 13.2 Å². The lowest BCUT2D eigenvalue weighted by Crippen LogP contribution is -2.30. The van der Waals surface area contributed by atoms with Gasteiger partial charge in [-0.25, -0.2) is 8.42 Å². The van der Waals surface area contributed by atoms with Crippen LogP contribution in [0.25, 0.3) is 6.08 Å². The number of aryl methyl sites for hydroxylation is 1. The minimum Gasteiger partial charge on any atom is -0.334 e. The molecule has 5 nitrogen and oxygen atoms in total. The first-order chi connectivity index (χ1) is 15.9. The molecule has 0 N–H and O–H groups in total. The number of carbonyl (C=O) groups excluding carboxylic acids is 1. The SMILES string of the molecule is Cc1ccc(CN(CCc2ccccc2)C(=O)/C=C/c2ccc(N3CCCS3(=O)=O)cc2)s1. The van der Waals surface area contributed by atoms with Crippen molar-refractivity contribution in [3.8, 4) is 0 Å². The third-order valence-electron chi connectivity index (χ3n) is 5.67. The summed E-state index contributed by atoms with van der Waals surface area (Å²) in [6.45, 7) is 3.81. The second kappa shape index (κ2) is 10.4.